The van der Waals surface area contributed by atoms with E-state index in [-0.39, 0.29) is 24.6 Å². The van der Waals surface area contributed by atoms with Crippen molar-refractivity contribution >= 4 is 17.6 Å². The Morgan fingerprint density at radius 2 is 1.76 bits per heavy atom. The summed E-state index contributed by atoms with van der Waals surface area (Å²) in [7, 11) is 3.20. The lowest BCUT2D eigenvalue weighted by Crippen LogP contribution is -2.53. The SMILES string of the molecule is CC[C@H](C)[C@H](NC(=O)N1CCc2cc(OC)c(OC)cc2C1)C(=O)Nc1ccc2c(c1)OCO2. The van der Waals surface area contributed by atoms with Crippen LogP contribution in [0.1, 0.15) is 31.4 Å². The molecule has 0 aromatic heterocycles. The minimum atomic E-state index is -0.685. The van der Waals surface area contributed by atoms with Gasteiger partial charge in [0.25, 0.3) is 0 Å². The van der Waals surface area contributed by atoms with Crippen LogP contribution in [0, 0.1) is 5.92 Å². The van der Waals surface area contributed by atoms with Crippen molar-refractivity contribution in [1.29, 1.82) is 0 Å². The molecule has 9 nitrogen and oxygen atoms in total. The van der Waals surface area contributed by atoms with Crippen LogP contribution in [0.3, 0.4) is 0 Å². The number of fused-ring (bicyclic) bond motifs is 2. The van der Waals surface area contributed by atoms with E-state index in [1.165, 1.54) is 0 Å². The topological polar surface area (TPSA) is 98.4 Å². The highest BCUT2D eigenvalue weighted by Gasteiger charge is 2.30. The summed E-state index contributed by atoms with van der Waals surface area (Å²) in [4.78, 5) is 28.0. The predicted octanol–water partition coefficient (Wildman–Crippen LogP) is 3.55. The number of rotatable bonds is 7. The third-order valence-electron chi connectivity index (χ3n) is 6.42. The standard InChI is InChI=1S/C25H31N3O6/c1-5-15(2)23(24(29)26-18-6-7-19-22(12-18)34-14-33-19)27-25(30)28-9-8-16-10-20(31-3)21(32-4)11-17(16)13-28/h6-7,10-12,15,23H,5,8-9,13-14H2,1-4H3,(H,26,29)(H,27,30)/t15-,23-/m0/s1. The molecule has 0 radical (unpaired) electrons. The van der Waals surface area contributed by atoms with Crippen molar-refractivity contribution in [1.82, 2.24) is 10.2 Å². The molecule has 34 heavy (non-hydrogen) atoms. The summed E-state index contributed by atoms with van der Waals surface area (Å²) < 4.78 is 21.5. The van der Waals surface area contributed by atoms with E-state index in [1.54, 1.807) is 37.3 Å². The van der Waals surface area contributed by atoms with Crippen LogP contribution in [-0.2, 0) is 17.8 Å². The van der Waals surface area contributed by atoms with Gasteiger partial charge in [-0.2, -0.15) is 0 Å². The number of methoxy groups -OCH3 is 2. The monoisotopic (exact) mass is 469 g/mol. The van der Waals surface area contributed by atoms with Gasteiger partial charge in [0.05, 0.1) is 14.2 Å². The Morgan fingerprint density at radius 1 is 1.06 bits per heavy atom. The number of benzene rings is 2. The molecule has 182 valence electrons. The van der Waals surface area contributed by atoms with Crippen LogP contribution >= 0.6 is 0 Å². The highest BCUT2D eigenvalue weighted by atomic mass is 16.7. The van der Waals surface area contributed by atoms with Crippen molar-refractivity contribution in [2.45, 2.75) is 39.3 Å². The first-order valence-corrected chi connectivity index (χ1v) is 11.4. The van der Waals surface area contributed by atoms with Crippen molar-refractivity contribution in [3.05, 3.63) is 41.5 Å². The number of hydrogen-bond donors (Lipinski definition) is 2. The van der Waals surface area contributed by atoms with Crippen LogP contribution in [0.2, 0.25) is 0 Å². The molecule has 2 N–H and O–H groups in total. The number of hydrogen-bond acceptors (Lipinski definition) is 6. The average Bonchev–Trinajstić information content (AvgIpc) is 3.33. The zero-order chi connectivity index (χ0) is 24.2. The number of amides is 3. The highest BCUT2D eigenvalue weighted by Crippen LogP contribution is 2.35. The summed E-state index contributed by atoms with van der Waals surface area (Å²) in [5.41, 5.74) is 2.72. The van der Waals surface area contributed by atoms with Gasteiger partial charge in [0.1, 0.15) is 6.04 Å². The number of urea groups is 1. The fraction of sp³-hybridized carbons (Fsp3) is 0.440. The first-order chi connectivity index (χ1) is 16.4. The van der Waals surface area contributed by atoms with E-state index >= 15 is 0 Å². The largest absolute Gasteiger partial charge is 0.493 e. The fourth-order valence-electron chi connectivity index (χ4n) is 4.18. The maximum absolute atomic E-state index is 13.2. The molecule has 2 atom stereocenters. The molecular formula is C25H31N3O6. The van der Waals surface area contributed by atoms with E-state index in [4.69, 9.17) is 18.9 Å². The second-order valence-corrected chi connectivity index (χ2v) is 8.52. The zero-order valence-electron chi connectivity index (χ0n) is 20.0. The van der Waals surface area contributed by atoms with Gasteiger partial charge in [0.15, 0.2) is 23.0 Å². The Balaban J connectivity index is 1.45. The van der Waals surface area contributed by atoms with Crippen LogP contribution in [0.15, 0.2) is 30.3 Å². The lowest BCUT2D eigenvalue weighted by molar-refractivity contribution is -0.119. The van der Waals surface area contributed by atoms with Gasteiger partial charge in [-0.05, 0) is 47.7 Å². The maximum atomic E-state index is 13.2. The summed E-state index contributed by atoms with van der Waals surface area (Å²) in [6.45, 7) is 5.08. The third-order valence-corrected chi connectivity index (χ3v) is 6.42. The van der Waals surface area contributed by atoms with Gasteiger partial charge < -0.3 is 34.5 Å². The lowest BCUT2D eigenvalue weighted by atomic mass is 9.97. The summed E-state index contributed by atoms with van der Waals surface area (Å²) in [6, 6.07) is 8.14. The molecule has 0 spiro atoms. The van der Waals surface area contributed by atoms with E-state index in [2.05, 4.69) is 10.6 Å². The highest BCUT2D eigenvalue weighted by molar-refractivity contribution is 5.97. The molecular weight excluding hydrogens is 438 g/mol. The fourth-order valence-corrected chi connectivity index (χ4v) is 4.18. The molecule has 4 rings (SSSR count). The second kappa shape index (κ2) is 10.1. The number of carbonyl (C=O) groups excluding carboxylic acids is 2. The molecule has 2 heterocycles. The molecule has 2 aromatic rings. The summed E-state index contributed by atoms with van der Waals surface area (Å²) >= 11 is 0. The van der Waals surface area contributed by atoms with E-state index < -0.39 is 6.04 Å². The molecule has 0 saturated carbocycles. The molecule has 0 bridgehead atoms. The van der Waals surface area contributed by atoms with Gasteiger partial charge in [-0.1, -0.05) is 20.3 Å². The number of nitrogens with one attached hydrogen (secondary N) is 2. The van der Waals surface area contributed by atoms with Crippen LogP contribution in [0.25, 0.3) is 0 Å². The second-order valence-electron chi connectivity index (χ2n) is 8.52. The number of carbonyl (C=O) groups is 2. The van der Waals surface area contributed by atoms with Crippen molar-refractivity contribution in [3.8, 4) is 23.0 Å². The van der Waals surface area contributed by atoms with Crippen LogP contribution in [0.5, 0.6) is 23.0 Å². The average molecular weight is 470 g/mol. The molecule has 0 aliphatic carbocycles. The Labute approximate surface area is 199 Å². The Kier molecular flexibility index (Phi) is 7.00. The molecule has 0 fully saturated rings. The van der Waals surface area contributed by atoms with Crippen molar-refractivity contribution < 1.29 is 28.5 Å². The van der Waals surface area contributed by atoms with E-state index in [9.17, 15) is 9.59 Å². The van der Waals surface area contributed by atoms with Gasteiger partial charge in [0, 0.05) is 24.8 Å². The molecule has 9 heteroatoms. The van der Waals surface area contributed by atoms with Gasteiger partial charge in [-0.15, -0.1) is 0 Å². The molecule has 0 saturated heterocycles. The summed E-state index contributed by atoms with van der Waals surface area (Å²) in [5, 5.41) is 5.86. The molecule has 0 unspecified atom stereocenters. The van der Waals surface area contributed by atoms with E-state index in [0.29, 0.717) is 48.2 Å². The Hall–Kier alpha value is -3.62. The van der Waals surface area contributed by atoms with Crippen molar-refractivity contribution in [2.24, 2.45) is 5.92 Å². The lowest BCUT2D eigenvalue weighted by Gasteiger charge is -2.32. The predicted molar refractivity (Wildman–Crippen MR) is 127 cm³/mol. The summed E-state index contributed by atoms with van der Waals surface area (Å²) in [5.74, 6) is 2.20. The zero-order valence-corrected chi connectivity index (χ0v) is 20.0. The van der Waals surface area contributed by atoms with Crippen molar-refractivity contribution in [2.75, 3.05) is 32.9 Å². The van der Waals surface area contributed by atoms with Crippen LogP contribution in [0.4, 0.5) is 10.5 Å². The van der Waals surface area contributed by atoms with Gasteiger partial charge >= 0.3 is 6.03 Å². The first kappa shape index (κ1) is 23.5. The normalized spacial score (nSPS) is 15.7. The first-order valence-electron chi connectivity index (χ1n) is 11.4. The molecule has 3 amide bonds. The Bertz CT molecular complexity index is 1070. The van der Waals surface area contributed by atoms with Gasteiger partial charge in [-0.3, -0.25) is 4.79 Å². The smallest absolute Gasteiger partial charge is 0.318 e. The minimum Gasteiger partial charge on any atom is -0.493 e. The quantitative estimate of drug-likeness (QED) is 0.644. The summed E-state index contributed by atoms with van der Waals surface area (Å²) in [6.07, 6.45) is 1.43. The van der Waals surface area contributed by atoms with Crippen LogP contribution in [-0.4, -0.2) is 50.4 Å². The van der Waals surface area contributed by atoms with Crippen molar-refractivity contribution in [3.63, 3.8) is 0 Å². The minimum absolute atomic E-state index is 0.0561. The van der Waals surface area contributed by atoms with Crippen LogP contribution < -0.4 is 29.6 Å². The molecule has 2 aromatic carbocycles. The molecule has 2 aliphatic heterocycles. The number of nitrogens with zero attached hydrogens (tertiary/aromatic N) is 1. The van der Waals surface area contributed by atoms with E-state index in [0.717, 1.165) is 17.5 Å². The maximum Gasteiger partial charge on any atom is 0.318 e. The van der Waals surface area contributed by atoms with Gasteiger partial charge in [0.2, 0.25) is 12.7 Å². The molecule has 2 aliphatic rings. The number of anilines is 1. The van der Waals surface area contributed by atoms with Gasteiger partial charge in [-0.25, -0.2) is 4.79 Å². The van der Waals surface area contributed by atoms with E-state index in [1.807, 2.05) is 26.0 Å². The Morgan fingerprint density at radius 3 is 2.47 bits per heavy atom. The third kappa shape index (κ3) is 4.83. The number of ether oxygens (including phenoxy) is 4.